The number of aromatic nitrogens is 1. The molecule has 1 heterocycles. The van der Waals surface area contributed by atoms with Gasteiger partial charge in [-0.25, -0.2) is 14.6 Å². The van der Waals surface area contributed by atoms with Gasteiger partial charge in [-0.05, 0) is 12.8 Å². The maximum absolute atomic E-state index is 11.8. The number of carboxylic acid groups (broad SMARTS) is 1. The molecule has 19 heavy (non-hydrogen) atoms. The quantitative estimate of drug-likeness (QED) is 0.745. The van der Waals surface area contributed by atoms with Crippen molar-refractivity contribution in [1.29, 1.82) is 0 Å². The van der Waals surface area contributed by atoms with Crippen molar-refractivity contribution in [3.63, 3.8) is 0 Å². The highest BCUT2D eigenvalue weighted by atomic mass is 32.1. The number of carboxylic acids is 1. The zero-order valence-corrected chi connectivity index (χ0v) is 12.0. The second-order valence-electron chi connectivity index (χ2n) is 4.41. The predicted molar refractivity (Wildman–Crippen MR) is 73.1 cm³/mol. The van der Waals surface area contributed by atoms with Crippen molar-refractivity contribution >= 4 is 23.3 Å². The van der Waals surface area contributed by atoms with E-state index in [4.69, 9.17) is 5.11 Å². The van der Waals surface area contributed by atoms with Crippen LogP contribution in [0.15, 0.2) is 11.6 Å². The van der Waals surface area contributed by atoms with E-state index >= 15 is 0 Å². The fourth-order valence-corrected chi connectivity index (χ4v) is 2.22. The lowest BCUT2D eigenvalue weighted by atomic mass is 9.99. The van der Waals surface area contributed by atoms with Gasteiger partial charge < -0.3 is 15.7 Å². The lowest BCUT2D eigenvalue weighted by Gasteiger charge is -2.21. The number of rotatable bonds is 6. The number of hydrogen-bond donors (Lipinski definition) is 3. The van der Waals surface area contributed by atoms with Gasteiger partial charge in [0.15, 0.2) is 0 Å². The monoisotopic (exact) mass is 285 g/mol. The number of nitrogens with zero attached hydrogens (tertiary/aromatic N) is 1. The third kappa shape index (κ3) is 4.51. The molecule has 0 saturated carbocycles. The second-order valence-corrected chi connectivity index (χ2v) is 5.34. The molecule has 0 radical (unpaired) electrons. The van der Waals surface area contributed by atoms with Crippen LogP contribution in [0.1, 0.15) is 38.2 Å². The van der Waals surface area contributed by atoms with Crippen molar-refractivity contribution < 1.29 is 14.7 Å². The van der Waals surface area contributed by atoms with Crippen LogP contribution in [0.3, 0.4) is 0 Å². The Hall–Kier alpha value is -1.63. The van der Waals surface area contributed by atoms with E-state index in [0.717, 1.165) is 5.01 Å². The Balaban J connectivity index is 2.56. The van der Waals surface area contributed by atoms with Crippen molar-refractivity contribution in [2.24, 2.45) is 5.92 Å². The highest BCUT2D eigenvalue weighted by Gasteiger charge is 2.25. The summed E-state index contributed by atoms with van der Waals surface area (Å²) >= 11 is 1.44. The Morgan fingerprint density at radius 2 is 2.11 bits per heavy atom. The van der Waals surface area contributed by atoms with E-state index in [1.807, 2.05) is 12.3 Å². The van der Waals surface area contributed by atoms with Crippen LogP contribution in [0, 0.1) is 5.92 Å². The first-order valence-corrected chi connectivity index (χ1v) is 7.02. The maximum atomic E-state index is 11.8. The number of amides is 2. The van der Waals surface area contributed by atoms with Gasteiger partial charge >= 0.3 is 12.0 Å². The molecule has 1 rings (SSSR count). The van der Waals surface area contributed by atoms with Crippen molar-refractivity contribution in [2.75, 3.05) is 0 Å². The normalized spacial score (nSPS) is 15.3. The first-order chi connectivity index (χ1) is 8.95. The van der Waals surface area contributed by atoms with Gasteiger partial charge in [-0.3, -0.25) is 0 Å². The van der Waals surface area contributed by atoms with Gasteiger partial charge in [0.05, 0.1) is 6.04 Å². The predicted octanol–water partition coefficient (Wildman–Crippen LogP) is 2.00. The van der Waals surface area contributed by atoms with E-state index in [-0.39, 0.29) is 12.0 Å². The summed E-state index contributed by atoms with van der Waals surface area (Å²) in [5.74, 6) is -1.15. The SMILES string of the molecule is CCC(C)[C@H](NC(=O)NC(C)c1nccs1)C(=O)O. The van der Waals surface area contributed by atoms with Crippen LogP contribution in [-0.2, 0) is 4.79 Å². The largest absolute Gasteiger partial charge is 0.480 e. The number of thiazole rings is 1. The van der Waals surface area contributed by atoms with Crippen LogP contribution in [0.4, 0.5) is 4.79 Å². The van der Waals surface area contributed by atoms with Crippen molar-refractivity contribution in [1.82, 2.24) is 15.6 Å². The molecule has 0 aromatic carbocycles. The van der Waals surface area contributed by atoms with Crippen molar-refractivity contribution in [3.8, 4) is 0 Å². The third-order valence-electron chi connectivity index (χ3n) is 2.94. The van der Waals surface area contributed by atoms with Crippen molar-refractivity contribution in [2.45, 2.75) is 39.3 Å². The minimum atomic E-state index is -1.02. The van der Waals surface area contributed by atoms with Crippen molar-refractivity contribution in [3.05, 3.63) is 16.6 Å². The summed E-state index contributed by atoms with van der Waals surface area (Å²) in [5, 5.41) is 16.9. The maximum Gasteiger partial charge on any atom is 0.326 e. The molecule has 6 nitrogen and oxygen atoms in total. The molecule has 1 aromatic rings. The first-order valence-electron chi connectivity index (χ1n) is 6.14. The van der Waals surface area contributed by atoms with Crippen LogP contribution < -0.4 is 10.6 Å². The molecule has 3 N–H and O–H groups in total. The van der Waals surface area contributed by atoms with Crippen LogP contribution in [-0.4, -0.2) is 28.1 Å². The van der Waals surface area contributed by atoms with Crippen LogP contribution in [0.5, 0.6) is 0 Å². The molecule has 0 aliphatic heterocycles. The summed E-state index contributed by atoms with van der Waals surface area (Å²) in [6.07, 6.45) is 2.34. The van der Waals surface area contributed by atoms with Gasteiger partial charge in [0.25, 0.3) is 0 Å². The van der Waals surface area contributed by atoms with Gasteiger partial charge in [0.2, 0.25) is 0 Å². The lowest BCUT2D eigenvalue weighted by molar-refractivity contribution is -0.140. The van der Waals surface area contributed by atoms with Crippen LogP contribution >= 0.6 is 11.3 Å². The molecule has 0 spiro atoms. The summed E-state index contributed by atoms with van der Waals surface area (Å²) in [7, 11) is 0. The average Bonchev–Trinajstić information content (AvgIpc) is 2.88. The Morgan fingerprint density at radius 1 is 1.42 bits per heavy atom. The standard InChI is InChI=1S/C12H19N3O3S/c1-4-7(2)9(11(16)17)15-12(18)14-8(3)10-13-5-6-19-10/h5-9H,4H2,1-3H3,(H,16,17)(H2,14,15,18)/t7?,8?,9-/m0/s1. The molecule has 106 valence electrons. The third-order valence-corrected chi connectivity index (χ3v) is 3.89. The zero-order chi connectivity index (χ0) is 14.4. The summed E-state index contributed by atoms with van der Waals surface area (Å²) in [6, 6.07) is -1.62. The minimum absolute atomic E-state index is 0.126. The van der Waals surface area contributed by atoms with Gasteiger partial charge in [0, 0.05) is 11.6 Å². The lowest BCUT2D eigenvalue weighted by Crippen LogP contribution is -2.49. The van der Waals surface area contributed by atoms with E-state index in [1.54, 1.807) is 20.0 Å². The van der Waals surface area contributed by atoms with E-state index in [1.165, 1.54) is 11.3 Å². The van der Waals surface area contributed by atoms with E-state index < -0.39 is 18.0 Å². The number of hydrogen-bond acceptors (Lipinski definition) is 4. The highest BCUT2D eigenvalue weighted by Crippen LogP contribution is 2.14. The van der Waals surface area contributed by atoms with E-state index in [9.17, 15) is 9.59 Å². The highest BCUT2D eigenvalue weighted by molar-refractivity contribution is 7.09. The van der Waals surface area contributed by atoms with Gasteiger partial charge in [-0.1, -0.05) is 20.3 Å². The molecule has 3 atom stereocenters. The van der Waals surface area contributed by atoms with E-state index in [0.29, 0.717) is 6.42 Å². The Labute approximate surface area is 116 Å². The first kappa shape index (κ1) is 15.4. The second kappa shape index (κ2) is 7.08. The molecule has 7 heteroatoms. The molecule has 1 aromatic heterocycles. The molecule has 2 amide bonds. The number of carbonyl (C=O) groups is 2. The van der Waals surface area contributed by atoms with Gasteiger partial charge in [0.1, 0.15) is 11.0 Å². The van der Waals surface area contributed by atoms with Gasteiger partial charge in [-0.15, -0.1) is 11.3 Å². The molecule has 0 saturated heterocycles. The molecule has 0 aliphatic carbocycles. The number of nitrogens with one attached hydrogen (secondary N) is 2. The molecular formula is C12H19N3O3S. The summed E-state index contributed by atoms with van der Waals surface area (Å²) in [4.78, 5) is 27.0. The summed E-state index contributed by atoms with van der Waals surface area (Å²) in [6.45, 7) is 5.49. The number of carbonyl (C=O) groups excluding carboxylic acids is 1. The number of aliphatic carboxylic acids is 1. The minimum Gasteiger partial charge on any atom is -0.480 e. The zero-order valence-electron chi connectivity index (χ0n) is 11.2. The molecular weight excluding hydrogens is 266 g/mol. The fraction of sp³-hybridized carbons (Fsp3) is 0.583. The van der Waals surface area contributed by atoms with Gasteiger partial charge in [-0.2, -0.15) is 0 Å². The smallest absolute Gasteiger partial charge is 0.326 e. The summed E-state index contributed by atoms with van der Waals surface area (Å²) in [5.41, 5.74) is 0. The fourth-order valence-electron chi connectivity index (χ4n) is 1.57. The summed E-state index contributed by atoms with van der Waals surface area (Å²) < 4.78 is 0. The Morgan fingerprint density at radius 3 is 2.58 bits per heavy atom. The van der Waals surface area contributed by atoms with E-state index in [2.05, 4.69) is 15.6 Å². The van der Waals surface area contributed by atoms with Crippen LogP contribution in [0.25, 0.3) is 0 Å². The number of urea groups is 1. The molecule has 0 aliphatic rings. The Kier molecular flexibility index (Phi) is 5.75. The van der Waals surface area contributed by atoms with Crippen LogP contribution in [0.2, 0.25) is 0 Å². The average molecular weight is 285 g/mol. The topological polar surface area (TPSA) is 91.3 Å². The molecule has 0 bridgehead atoms. The molecule has 2 unspecified atom stereocenters. The Bertz CT molecular complexity index is 422. The molecule has 0 fully saturated rings.